The van der Waals surface area contributed by atoms with E-state index in [9.17, 15) is 9.59 Å². The van der Waals surface area contributed by atoms with E-state index in [0.29, 0.717) is 19.5 Å². The van der Waals surface area contributed by atoms with Crippen LogP contribution in [0.2, 0.25) is 0 Å². The summed E-state index contributed by atoms with van der Waals surface area (Å²) in [5.41, 5.74) is 0. The van der Waals surface area contributed by atoms with Crippen molar-refractivity contribution in [3.05, 3.63) is 0 Å². The fourth-order valence-electron chi connectivity index (χ4n) is 2.55. The van der Waals surface area contributed by atoms with Crippen LogP contribution in [0.25, 0.3) is 0 Å². The van der Waals surface area contributed by atoms with Crippen LogP contribution in [0.5, 0.6) is 0 Å². The Kier molecular flexibility index (Phi) is 5.81. The van der Waals surface area contributed by atoms with E-state index in [4.69, 9.17) is 5.26 Å². The van der Waals surface area contributed by atoms with Gasteiger partial charge in [-0.2, -0.15) is 5.26 Å². The highest BCUT2D eigenvalue weighted by molar-refractivity contribution is 5.89. The van der Waals surface area contributed by atoms with E-state index in [-0.39, 0.29) is 24.3 Å². The van der Waals surface area contributed by atoms with Crippen LogP contribution in [-0.4, -0.2) is 47.3 Å². The Labute approximate surface area is 115 Å². The second-order valence-corrected chi connectivity index (χ2v) is 5.30. The standard InChI is InChI=1S/C14H23N3O2/c1-4-8-16(10-7-15)14(19)13(11(2)3)17-9-5-6-12(17)18/h11,13H,4-6,8-10H2,1-3H3. The molecular weight excluding hydrogens is 242 g/mol. The van der Waals surface area contributed by atoms with E-state index in [1.807, 2.05) is 26.8 Å². The average molecular weight is 265 g/mol. The predicted molar refractivity (Wildman–Crippen MR) is 72.1 cm³/mol. The lowest BCUT2D eigenvalue weighted by atomic mass is 10.0. The Balaban J connectivity index is 2.88. The van der Waals surface area contributed by atoms with Gasteiger partial charge in [0.25, 0.3) is 0 Å². The smallest absolute Gasteiger partial charge is 0.246 e. The van der Waals surface area contributed by atoms with Gasteiger partial charge in [0.15, 0.2) is 0 Å². The molecule has 106 valence electrons. The minimum atomic E-state index is -0.421. The third-order valence-corrected chi connectivity index (χ3v) is 3.40. The Morgan fingerprint density at radius 3 is 2.63 bits per heavy atom. The SMILES string of the molecule is CCCN(CC#N)C(=O)C(C(C)C)N1CCCC1=O. The summed E-state index contributed by atoms with van der Waals surface area (Å²) in [4.78, 5) is 27.7. The number of carbonyl (C=O) groups is 2. The molecule has 5 nitrogen and oxygen atoms in total. The van der Waals surface area contributed by atoms with E-state index < -0.39 is 6.04 Å². The molecule has 19 heavy (non-hydrogen) atoms. The molecule has 1 saturated heterocycles. The first-order chi connectivity index (χ1) is 9.02. The number of hydrogen-bond acceptors (Lipinski definition) is 3. The topological polar surface area (TPSA) is 64.4 Å². The van der Waals surface area contributed by atoms with Crippen molar-refractivity contribution >= 4 is 11.8 Å². The second kappa shape index (κ2) is 7.13. The van der Waals surface area contributed by atoms with Gasteiger partial charge in [0.2, 0.25) is 11.8 Å². The predicted octanol–water partition coefficient (Wildman–Crippen LogP) is 1.40. The van der Waals surface area contributed by atoms with E-state index in [1.165, 1.54) is 0 Å². The first-order valence-corrected chi connectivity index (χ1v) is 6.98. The van der Waals surface area contributed by atoms with Crippen LogP contribution in [0, 0.1) is 17.2 Å². The highest BCUT2D eigenvalue weighted by Crippen LogP contribution is 2.21. The van der Waals surface area contributed by atoms with Crippen molar-refractivity contribution in [3.8, 4) is 6.07 Å². The molecule has 1 fully saturated rings. The van der Waals surface area contributed by atoms with Gasteiger partial charge in [-0.1, -0.05) is 20.8 Å². The summed E-state index contributed by atoms with van der Waals surface area (Å²) in [6.07, 6.45) is 2.16. The molecule has 0 spiro atoms. The number of nitriles is 1. The molecule has 1 aliphatic rings. The lowest BCUT2D eigenvalue weighted by Crippen LogP contribution is -2.52. The van der Waals surface area contributed by atoms with Crippen molar-refractivity contribution < 1.29 is 9.59 Å². The van der Waals surface area contributed by atoms with Gasteiger partial charge in [0.05, 0.1) is 6.07 Å². The van der Waals surface area contributed by atoms with Crippen LogP contribution in [0.15, 0.2) is 0 Å². The van der Waals surface area contributed by atoms with Crippen molar-refractivity contribution in [2.45, 2.75) is 46.1 Å². The third-order valence-electron chi connectivity index (χ3n) is 3.40. The third kappa shape index (κ3) is 3.69. The van der Waals surface area contributed by atoms with E-state index >= 15 is 0 Å². The van der Waals surface area contributed by atoms with Crippen LogP contribution in [-0.2, 0) is 9.59 Å². The summed E-state index contributed by atoms with van der Waals surface area (Å²) < 4.78 is 0. The van der Waals surface area contributed by atoms with Gasteiger partial charge >= 0.3 is 0 Å². The fourth-order valence-corrected chi connectivity index (χ4v) is 2.55. The molecule has 1 aliphatic heterocycles. The first-order valence-electron chi connectivity index (χ1n) is 6.98. The lowest BCUT2D eigenvalue weighted by molar-refractivity contribution is -0.145. The minimum absolute atomic E-state index is 0.0560. The number of nitrogens with zero attached hydrogens (tertiary/aromatic N) is 3. The fraction of sp³-hybridized carbons (Fsp3) is 0.786. The molecule has 1 rings (SSSR count). The zero-order chi connectivity index (χ0) is 14.4. The maximum atomic E-state index is 12.6. The summed E-state index contributed by atoms with van der Waals surface area (Å²) in [5, 5.41) is 8.83. The Bertz CT molecular complexity index is 373. The second-order valence-electron chi connectivity index (χ2n) is 5.30. The molecule has 0 saturated carbocycles. The maximum Gasteiger partial charge on any atom is 0.246 e. The normalized spacial score (nSPS) is 16.6. The zero-order valence-corrected chi connectivity index (χ0v) is 12.1. The van der Waals surface area contributed by atoms with Gasteiger partial charge < -0.3 is 9.80 Å². The molecule has 0 aromatic rings. The molecule has 1 atom stereocenters. The molecular formula is C14H23N3O2. The van der Waals surface area contributed by atoms with Crippen molar-refractivity contribution in [2.75, 3.05) is 19.6 Å². The lowest BCUT2D eigenvalue weighted by Gasteiger charge is -2.33. The van der Waals surface area contributed by atoms with Gasteiger partial charge in [-0.3, -0.25) is 9.59 Å². The Hall–Kier alpha value is -1.57. The molecule has 1 heterocycles. The van der Waals surface area contributed by atoms with Crippen molar-refractivity contribution in [2.24, 2.45) is 5.92 Å². The highest BCUT2D eigenvalue weighted by atomic mass is 16.2. The molecule has 0 bridgehead atoms. The number of carbonyl (C=O) groups excluding carboxylic acids is 2. The summed E-state index contributed by atoms with van der Waals surface area (Å²) in [5.74, 6) is 0.0294. The van der Waals surface area contributed by atoms with Crippen LogP contribution in [0.3, 0.4) is 0 Å². The first kappa shape index (κ1) is 15.5. The highest BCUT2D eigenvalue weighted by Gasteiger charge is 2.36. The van der Waals surface area contributed by atoms with Gasteiger partial charge in [0, 0.05) is 19.5 Å². The van der Waals surface area contributed by atoms with Crippen LogP contribution in [0.1, 0.15) is 40.0 Å². The van der Waals surface area contributed by atoms with Crippen molar-refractivity contribution in [1.29, 1.82) is 5.26 Å². The summed E-state index contributed by atoms with van der Waals surface area (Å²) in [7, 11) is 0. The molecule has 0 aliphatic carbocycles. The Morgan fingerprint density at radius 1 is 1.53 bits per heavy atom. The van der Waals surface area contributed by atoms with Gasteiger partial charge in [-0.25, -0.2) is 0 Å². The molecule has 0 aromatic carbocycles. The summed E-state index contributed by atoms with van der Waals surface area (Å²) >= 11 is 0. The van der Waals surface area contributed by atoms with Crippen LogP contribution in [0.4, 0.5) is 0 Å². The monoisotopic (exact) mass is 265 g/mol. The van der Waals surface area contributed by atoms with Gasteiger partial charge in [-0.15, -0.1) is 0 Å². The molecule has 0 radical (unpaired) electrons. The number of amides is 2. The van der Waals surface area contributed by atoms with Crippen LogP contribution >= 0.6 is 0 Å². The van der Waals surface area contributed by atoms with E-state index in [0.717, 1.165) is 12.8 Å². The quantitative estimate of drug-likeness (QED) is 0.682. The molecule has 2 amide bonds. The zero-order valence-electron chi connectivity index (χ0n) is 12.1. The number of hydrogen-bond donors (Lipinski definition) is 0. The number of likely N-dealkylation sites (tertiary alicyclic amines) is 1. The minimum Gasteiger partial charge on any atom is -0.330 e. The summed E-state index contributed by atoms with van der Waals surface area (Å²) in [6, 6.07) is 1.61. The van der Waals surface area contributed by atoms with E-state index in [1.54, 1.807) is 9.80 Å². The number of rotatable bonds is 6. The molecule has 1 unspecified atom stereocenters. The molecule has 0 N–H and O–H groups in total. The maximum absolute atomic E-state index is 12.6. The molecule has 5 heteroatoms. The summed E-state index contributed by atoms with van der Waals surface area (Å²) in [6.45, 7) is 7.19. The van der Waals surface area contributed by atoms with Crippen LogP contribution < -0.4 is 0 Å². The largest absolute Gasteiger partial charge is 0.330 e. The van der Waals surface area contributed by atoms with Gasteiger partial charge in [-0.05, 0) is 18.8 Å². The molecule has 0 aromatic heterocycles. The Morgan fingerprint density at radius 2 is 2.21 bits per heavy atom. The van der Waals surface area contributed by atoms with Gasteiger partial charge in [0.1, 0.15) is 12.6 Å². The average Bonchev–Trinajstić information content (AvgIpc) is 2.75. The van der Waals surface area contributed by atoms with Crippen molar-refractivity contribution in [3.63, 3.8) is 0 Å². The van der Waals surface area contributed by atoms with E-state index in [2.05, 4.69) is 0 Å². The van der Waals surface area contributed by atoms with Crippen molar-refractivity contribution in [1.82, 2.24) is 9.80 Å².